The molecule has 0 aromatic carbocycles. The van der Waals surface area contributed by atoms with Crippen LogP contribution in [0.15, 0.2) is 18.2 Å². The molecule has 0 spiro atoms. The Morgan fingerprint density at radius 3 is 2.88 bits per heavy atom. The van der Waals surface area contributed by atoms with Gasteiger partial charge in [-0.25, -0.2) is 4.98 Å². The van der Waals surface area contributed by atoms with Gasteiger partial charge in [-0.1, -0.05) is 13.0 Å². The van der Waals surface area contributed by atoms with Crippen molar-refractivity contribution in [3.63, 3.8) is 0 Å². The first kappa shape index (κ1) is 12.4. The molecule has 1 aromatic heterocycles. The van der Waals surface area contributed by atoms with Gasteiger partial charge in [-0.05, 0) is 38.3 Å². The van der Waals surface area contributed by atoms with Gasteiger partial charge in [0.1, 0.15) is 5.82 Å². The summed E-state index contributed by atoms with van der Waals surface area (Å²) in [7, 11) is 2.12. The van der Waals surface area contributed by atoms with Crippen LogP contribution in [0.3, 0.4) is 0 Å². The largest absolute Gasteiger partial charge is 0.357 e. The van der Waals surface area contributed by atoms with Crippen molar-refractivity contribution in [3.05, 3.63) is 23.9 Å². The minimum Gasteiger partial charge on any atom is -0.357 e. The SMILES string of the molecule is CCC(C)N(C)c1cccc(CNC2CC2)n1. The molecule has 1 N–H and O–H groups in total. The molecule has 3 heteroatoms. The van der Waals surface area contributed by atoms with E-state index in [2.05, 4.69) is 49.3 Å². The highest BCUT2D eigenvalue weighted by molar-refractivity contribution is 5.39. The van der Waals surface area contributed by atoms with E-state index in [-0.39, 0.29) is 0 Å². The van der Waals surface area contributed by atoms with Crippen LogP contribution in [0, 0.1) is 0 Å². The molecule has 1 aliphatic rings. The monoisotopic (exact) mass is 233 g/mol. The van der Waals surface area contributed by atoms with E-state index >= 15 is 0 Å². The number of hydrogen-bond donors (Lipinski definition) is 1. The van der Waals surface area contributed by atoms with Gasteiger partial charge in [-0.15, -0.1) is 0 Å². The third-order valence-electron chi connectivity index (χ3n) is 3.55. The molecule has 1 aromatic rings. The van der Waals surface area contributed by atoms with Crippen molar-refractivity contribution in [2.75, 3.05) is 11.9 Å². The molecule has 1 aliphatic carbocycles. The summed E-state index contributed by atoms with van der Waals surface area (Å²) in [5, 5.41) is 3.50. The zero-order chi connectivity index (χ0) is 12.3. The zero-order valence-corrected chi connectivity index (χ0v) is 11.1. The van der Waals surface area contributed by atoms with Crippen LogP contribution in [-0.2, 0) is 6.54 Å². The van der Waals surface area contributed by atoms with Crippen LogP contribution in [-0.4, -0.2) is 24.1 Å². The van der Waals surface area contributed by atoms with Gasteiger partial charge in [0.2, 0.25) is 0 Å². The number of hydrogen-bond acceptors (Lipinski definition) is 3. The molecule has 0 saturated heterocycles. The van der Waals surface area contributed by atoms with Gasteiger partial charge in [-0.3, -0.25) is 0 Å². The molecule has 94 valence electrons. The van der Waals surface area contributed by atoms with Crippen LogP contribution in [0.5, 0.6) is 0 Å². The third-order valence-corrected chi connectivity index (χ3v) is 3.55. The lowest BCUT2D eigenvalue weighted by molar-refractivity contribution is 0.646. The Bertz CT molecular complexity index is 360. The molecule has 2 rings (SSSR count). The highest BCUT2D eigenvalue weighted by atomic mass is 15.2. The minimum absolute atomic E-state index is 0.536. The first-order valence-electron chi connectivity index (χ1n) is 6.63. The Labute approximate surface area is 104 Å². The van der Waals surface area contributed by atoms with E-state index in [0.717, 1.165) is 30.5 Å². The maximum Gasteiger partial charge on any atom is 0.128 e. The summed E-state index contributed by atoms with van der Waals surface area (Å²) in [5.41, 5.74) is 1.14. The smallest absolute Gasteiger partial charge is 0.128 e. The molecule has 0 radical (unpaired) electrons. The van der Waals surface area contributed by atoms with Crippen molar-refractivity contribution in [2.45, 2.75) is 51.7 Å². The van der Waals surface area contributed by atoms with Crippen LogP contribution in [0.25, 0.3) is 0 Å². The first-order valence-corrected chi connectivity index (χ1v) is 6.63. The van der Waals surface area contributed by atoms with Gasteiger partial charge in [-0.2, -0.15) is 0 Å². The van der Waals surface area contributed by atoms with Crippen molar-refractivity contribution in [1.82, 2.24) is 10.3 Å². The van der Waals surface area contributed by atoms with Gasteiger partial charge >= 0.3 is 0 Å². The van der Waals surface area contributed by atoms with Crippen molar-refractivity contribution < 1.29 is 0 Å². The van der Waals surface area contributed by atoms with E-state index in [1.54, 1.807) is 0 Å². The number of nitrogens with one attached hydrogen (secondary N) is 1. The molecule has 1 atom stereocenters. The van der Waals surface area contributed by atoms with Gasteiger partial charge in [0.25, 0.3) is 0 Å². The Balaban J connectivity index is 1.99. The lowest BCUT2D eigenvalue weighted by Gasteiger charge is -2.25. The summed E-state index contributed by atoms with van der Waals surface area (Å²) in [5.74, 6) is 1.08. The van der Waals surface area contributed by atoms with Gasteiger partial charge in [0, 0.05) is 25.7 Å². The predicted molar refractivity (Wildman–Crippen MR) is 72.3 cm³/mol. The summed E-state index contributed by atoms with van der Waals surface area (Å²) in [6, 6.07) is 7.57. The third kappa shape index (κ3) is 3.43. The number of nitrogens with zero attached hydrogens (tertiary/aromatic N) is 2. The van der Waals surface area contributed by atoms with Crippen LogP contribution in [0.2, 0.25) is 0 Å². The Morgan fingerprint density at radius 1 is 1.47 bits per heavy atom. The summed E-state index contributed by atoms with van der Waals surface area (Å²) >= 11 is 0. The van der Waals surface area contributed by atoms with Crippen molar-refractivity contribution in [3.8, 4) is 0 Å². The second kappa shape index (κ2) is 5.50. The first-order chi connectivity index (χ1) is 8.20. The molecule has 1 saturated carbocycles. The van der Waals surface area contributed by atoms with Crippen LogP contribution >= 0.6 is 0 Å². The Kier molecular flexibility index (Phi) is 4.00. The van der Waals surface area contributed by atoms with E-state index in [0.29, 0.717) is 6.04 Å². The van der Waals surface area contributed by atoms with Crippen LogP contribution in [0.4, 0.5) is 5.82 Å². The molecule has 1 heterocycles. The zero-order valence-electron chi connectivity index (χ0n) is 11.1. The summed E-state index contributed by atoms with van der Waals surface area (Å²) < 4.78 is 0. The van der Waals surface area contributed by atoms with Gasteiger partial charge in [0.15, 0.2) is 0 Å². The molecule has 17 heavy (non-hydrogen) atoms. The highest BCUT2D eigenvalue weighted by Crippen LogP contribution is 2.19. The average Bonchev–Trinajstić information content (AvgIpc) is 3.19. The number of aromatic nitrogens is 1. The molecular formula is C14H23N3. The number of rotatable bonds is 6. The Hall–Kier alpha value is -1.09. The van der Waals surface area contributed by atoms with Gasteiger partial charge in [0.05, 0.1) is 5.69 Å². The van der Waals surface area contributed by atoms with Crippen molar-refractivity contribution in [2.24, 2.45) is 0 Å². The predicted octanol–water partition coefficient (Wildman–Crippen LogP) is 2.57. The molecule has 1 unspecified atom stereocenters. The van der Waals surface area contributed by atoms with E-state index in [4.69, 9.17) is 4.98 Å². The lowest BCUT2D eigenvalue weighted by Crippen LogP contribution is -2.29. The minimum atomic E-state index is 0.536. The van der Waals surface area contributed by atoms with Gasteiger partial charge < -0.3 is 10.2 Å². The Morgan fingerprint density at radius 2 is 2.24 bits per heavy atom. The quantitative estimate of drug-likeness (QED) is 0.818. The fraction of sp³-hybridized carbons (Fsp3) is 0.643. The van der Waals surface area contributed by atoms with Crippen molar-refractivity contribution >= 4 is 5.82 Å². The van der Waals surface area contributed by atoms with E-state index in [9.17, 15) is 0 Å². The lowest BCUT2D eigenvalue weighted by atomic mass is 10.2. The van der Waals surface area contributed by atoms with E-state index in [1.807, 2.05) is 0 Å². The average molecular weight is 233 g/mol. The number of pyridine rings is 1. The highest BCUT2D eigenvalue weighted by Gasteiger charge is 2.20. The fourth-order valence-corrected chi connectivity index (χ4v) is 1.80. The number of anilines is 1. The van der Waals surface area contributed by atoms with E-state index in [1.165, 1.54) is 12.8 Å². The molecular weight excluding hydrogens is 210 g/mol. The van der Waals surface area contributed by atoms with E-state index < -0.39 is 0 Å². The maximum absolute atomic E-state index is 4.70. The molecule has 0 aliphatic heterocycles. The van der Waals surface area contributed by atoms with Crippen molar-refractivity contribution in [1.29, 1.82) is 0 Å². The van der Waals surface area contributed by atoms with Crippen LogP contribution in [0.1, 0.15) is 38.8 Å². The topological polar surface area (TPSA) is 28.2 Å². The second-order valence-corrected chi connectivity index (χ2v) is 5.01. The summed E-state index contributed by atoms with van der Waals surface area (Å²) in [6.07, 6.45) is 3.79. The second-order valence-electron chi connectivity index (χ2n) is 5.01. The standard InChI is InChI=1S/C14H23N3/c1-4-11(2)17(3)14-7-5-6-13(16-14)10-15-12-8-9-12/h5-7,11-12,15H,4,8-10H2,1-3H3. The summed E-state index contributed by atoms with van der Waals surface area (Å²) in [4.78, 5) is 6.96. The fourth-order valence-electron chi connectivity index (χ4n) is 1.80. The molecule has 0 bridgehead atoms. The molecule has 0 amide bonds. The normalized spacial score (nSPS) is 16.9. The maximum atomic E-state index is 4.70. The summed E-state index contributed by atoms with van der Waals surface area (Å²) in [6.45, 7) is 5.34. The molecule has 1 fully saturated rings. The van der Waals surface area contributed by atoms with Crippen LogP contribution < -0.4 is 10.2 Å². The molecule has 3 nitrogen and oxygen atoms in total.